The summed E-state index contributed by atoms with van der Waals surface area (Å²) in [4.78, 5) is 4.69. The van der Waals surface area contributed by atoms with Crippen LogP contribution >= 0.6 is 24.0 Å². The lowest BCUT2D eigenvalue weighted by Crippen LogP contribution is -2.34. The van der Waals surface area contributed by atoms with Crippen molar-refractivity contribution in [1.82, 2.24) is 5.32 Å². The van der Waals surface area contributed by atoms with E-state index in [1.54, 1.807) is 0 Å². The lowest BCUT2D eigenvalue weighted by molar-refractivity contribution is 0.123. The van der Waals surface area contributed by atoms with Gasteiger partial charge in [-0.05, 0) is 31.9 Å². The fourth-order valence-corrected chi connectivity index (χ4v) is 2.68. The molecule has 0 spiro atoms. The van der Waals surface area contributed by atoms with Gasteiger partial charge in [0, 0.05) is 30.1 Å². The van der Waals surface area contributed by atoms with Crippen molar-refractivity contribution in [2.45, 2.75) is 40.0 Å². The molecule has 0 amide bonds. The highest BCUT2D eigenvalue weighted by molar-refractivity contribution is 14.0. The van der Waals surface area contributed by atoms with Crippen LogP contribution in [0.2, 0.25) is 0 Å². The Morgan fingerprint density at radius 3 is 2.46 bits per heavy atom. The van der Waals surface area contributed by atoms with E-state index in [0.717, 1.165) is 43.0 Å². The second-order valence-corrected chi connectivity index (χ2v) is 6.40. The molecule has 3 N–H and O–H groups in total. The molecule has 6 nitrogen and oxygen atoms in total. The number of anilines is 1. The lowest BCUT2D eigenvalue weighted by Gasteiger charge is -2.27. The van der Waals surface area contributed by atoms with Crippen LogP contribution in [0.25, 0.3) is 0 Å². The molecule has 7 heteroatoms. The number of rotatable bonds is 7. The molecule has 0 fully saturated rings. The number of nitrogens with one attached hydrogen (secondary N) is 2. The third kappa shape index (κ3) is 6.19. The van der Waals surface area contributed by atoms with E-state index in [-0.39, 0.29) is 36.0 Å². The number of hydrogen-bond acceptors (Lipinski definition) is 4. The number of aliphatic hydroxyl groups is 1. The third-order valence-corrected chi connectivity index (χ3v) is 4.76. The fourth-order valence-electron chi connectivity index (χ4n) is 2.68. The number of ether oxygens (including phenoxy) is 2. The van der Waals surface area contributed by atoms with Crippen molar-refractivity contribution in [3.8, 4) is 11.5 Å². The summed E-state index contributed by atoms with van der Waals surface area (Å²) in [7, 11) is 0. The number of nitrogens with zero attached hydrogens (tertiary/aromatic N) is 1. The molecule has 1 heterocycles. The Hall–Kier alpha value is -1.22. The Bertz CT molecular complexity index is 569. The number of benzene rings is 1. The highest BCUT2D eigenvalue weighted by Gasteiger charge is 2.25. The molecule has 1 aromatic rings. The third-order valence-electron chi connectivity index (χ3n) is 4.76. The summed E-state index contributed by atoms with van der Waals surface area (Å²) in [5.74, 6) is 2.24. The summed E-state index contributed by atoms with van der Waals surface area (Å²) in [6.45, 7) is 9.06. The maximum atomic E-state index is 9.73. The molecule has 0 unspecified atom stereocenters. The number of hydrogen-bond donors (Lipinski definition) is 3. The first kappa shape index (κ1) is 22.8. The van der Waals surface area contributed by atoms with E-state index in [4.69, 9.17) is 9.47 Å². The van der Waals surface area contributed by atoms with Crippen LogP contribution < -0.4 is 20.1 Å². The maximum Gasteiger partial charge on any atom is 0.195 e. The molecular weight excluding hydrogens is 445 g/mol. The van der Waals surface area contributed by atoms with Crippen molar-refractivity contribution >= 4 is 35.6 Å². The van der Waals surface area contributed by atoms with Crippen LogP contribution in [0.3, 0.4) is 0 Å². The van der Waals surface area contributed by atoms with E-state index in [9.17, 15) is 5.11 Å². The smallest absolute Gasteiger partial charge is 0.195 e. The van der Waals surface area contributed by atoms with E-state index in [2.05, 4.69) is 29.5 Å². The summed E-state index contributed by atoms with van der Waals surface area (Å²) < 4.78 is 11.4. The van der Waals surface area contributed by atoms with Crippen molar-refractivity contribution in [2.75, 3.05) is 38.2 Å². The van der Waals surface area contributed by atoms with Crippen LogP contribution in [0.5, 0.6) is 11.5 Å². The SMILES string of the molecule is CCNC(=NCC(CC)(CC)CO)Nc1ccc2c(c1)OCCCO2.I. The van der Waals surface area contributed by atoms with Crippen LogP contribution in [0.15, 0.2) is 23.2 Å². The topological polar surface area (TPSA) is 75.1 Å². The molecule has 148 valence electrons. The zero-order chi connectivity index (χ0) is 18.1. The molecule has 0 aromatic heterocycles. The number of aliphatic imine (C=N–C) groups is 1. The second kappa shape index (κ2) is 11.5. The zero-order valence-electron chi connectivity index (χ0n) is 16.0. The molecule has 1 aliphatic heterocycles. The van der Waals surface area contributed by atoms with Crippen molar-refractivity contribution in [1.29, 1.82) is 0 Å². The molecule has 0 saturated carbocycles. The first-order chi connectivity index (χ1) is 12.2. The van der Waals surface area contributed by atoms with E-state index in [1.807, 2.05) is 25.1 Å². The van der Waals surface area contributed by atoms with Crippen molar-refractivity contribution in [3.05, 3.63) is 18.2 Å². The first-order valence-electron chi connectivity index (χ1n) is 9.22. The quantitative estimate of drug-likeness (QED) is 0.318. The molecule has 0 aliphatic carbocycles. The molecule has 1 aromatic carbocycles. The number of fused-ring (bicyclic) bond motifs is 1. The largest absolute Gasteiger partial charge is 0.490 e. The molecule has 1 aliphatic rings. The van der Waals surface area contributed by atoms with Crippen LogP contribution in [0.1, 0.15) is 40.0 Å². The summed E-state index contributed by atoms with van der Waals surface area (Å²) >= 11 is 0. The number of guanidine groups is 1. The van der Waals surface area contributed by atoms with Gasteiger partial charge in [-0.3, -0.25) is 4.99 Å². The van der Waals surface area contributed by atoms with Gasteiger partial charge >= 0.3 is 0 Å². The van der Waals surface area contributed by atoms with Crippen LogP contribution in [-0.4, -0.2) is 44.0 Å². The van der Waals surface area contributed by atoms with Gasteiger partial charge in [0.05, 0.1) is 26.4 Å². The van der Waals surface area contributed by atoms with Crippen molar-refractivity contribution in [2.24, 2.45) is 10.4 Å². The van der Waals surface area contributed by atoms with Gasteiger partial charge in [0.25, 0.3) is 0 Å². The minimum atomic E-state index is -0.160. The van der Waals surface area contributed by atoms with Gasteiger partial charge in [-0.2, -0.15) is 0 Å². The molecule has 0 radical (unpaired) electrons. The summed E-state index contributed by atoms with van der Waals surface area (Å²) in [5.41, 5.74) is 0.735. The van der Waals surface area contributed by atoms with Crippen molar-refractivity contribution in [3.63, 3.8) is 0 Å². The summed E-state index contributed by atoms with van der Waals surface area (Å²) in [5, 5.41) is 16.3. The average molecular weight is 477 g/mol. The minimum absolute atomic E-state index is 0. The van der Waals surface area contributed by atoms with Gasteiger partial charge in [0.15, 0.2) is 17.5 Å². The van der Waals surface area contributed by atoms with Gasteiger partial charge in [0.2, 0.25) is 0 Å². The molecular formula is C19H32IN3O3. The van der Waals surface area contributed by atoms with Crippen LogP contribution in [0.4, 0.5) is 5.69 Å². The van der Waals surface area contributed by atoms with E-state index in [1.165, 1.54) is 0 Å². The molecule has 0 saturated heterocycles. The molecule has 2 rings (SSSR count). The Labute approximate surface area is 173 Å². The van der Waals surface area contributed by atoms with Gasteiger partial charge in [0.1, 0.15) is 0 Å². The Balaban J connectivity index is 0.00000338. The Kier molecular flexibility index (Phi) is 10.1. The Morgan fingerprint density at radius 1 is 1.15 bits per heavy atom. The highest BCUT2D eigenvalue weighted by atomic mass is 127. The van der Waals surface area contributed by atoms with Gasteiger partial charge < -0.3 is 25.2 Å². The number of aliphatic hydroxyl groups excluding tert-OH is 1. The Morgan fingerprint density at radius 2 is 1.85 bits per heavy atom. The molecule has 0 bridgehead atoms. The van der Waals surface area contributed by atoms with E-state index in [0.29, 0.717) is 25.7 Å². The fraction of sp³-hybridized carbons (Fsp3) is 0.632. The average Bonchev–Trinajstić information content (AvgIpc) is 2.88. The van der Waals surface area contributed by atoms with Crippen LogP contribution in [0, 0.1) is 5.41 Å². The standard InChI is InChI=1S/C19H31N3O3.HI/c1-4-19(5-2,14-23)13-21-18(20-6-3)22-15-8-9-16-17(12-15)25-11-7-10-24-16;/h8-9,12,23H,4-7,10-11,13-14H2,1-3H3,(H2,20,21,22);1H. The predicted octanol–water partition coefficient (Wildman–Crippen LogP) is 3.64. The van der Waals surface area contributed by atoms with Crippen LogP contribution in [-0.2, 0) is 0 Å². The molecule has 26 heavy (non-hydrogen) atoms. The summed E-state index contributed by atoms with van der Waals surface area (Å²) in [6, 6.07) is 5.81. The number of halogens is 1. The van der Waals surface area contributed by atoms with E-state index >= 15 is 0 Å². The zero-order valence-corrected chi connectivity index (χ0v) is 18.3. The van der Waals surface area contributed by atoms with Gasteiger partial charge in [-0.15, -0.1) is 24.0 Å². The van der Waals surface area contributed by atoms with Gasteiger partial charge in [-0.25, -0.2) is 0 Å². The lowest BCUT2D eigenvalue weighted by atomic mass is 9.83. The maximum absolute atomic E-state index is 9.73. The van der Waals surface area contributed by atoms with Crippen molar-refractivity contribution < 1.29 is 14.6 Å². The molecule has 0 atom stereocenters. The van der Waals surface area contributed by atoms with Gasteiger partial charge in [-0.1, -0.05) is 13.8 Å². The predicted molar refractivity (Wildman–Crippen MR) is 117 cm³/mol. The second-order valence-electron chi connectivity index (χ2n) is 6.40. The minimum Gasteiger partial charge on any atom is -0.490 e. The van der Waals surface area contributed by atoms with E-state index < -0.39 is 0 Å². The normalized spacial score (nSPS) is 14.2. The monoisotopic (exact) mass is 477 g/mol. The highest BCUT2D eigenvalue weighted by Crippen LogP contribution is 2.32. The summed E-state index contributed by atoms with van der Waals surface area (Å²) in [6.07, 6.45) is 2.68. The first-order valence-corrected chi connectivity index (χ1v) is 9.22.